The third-order valence-electron chi connectivity index (χ3n) is 8.34. The fraction of sp³-hybridized carbons (Fsp3) is 0.571. The van der Waals surface area contributed by atoms with Crippen molar-refractivity contribution in [2.75, 3.05) is 37.8 Å². The average molecular weight is 949 g/mol. The number of nitrogens with one attached hydrogen (secondary N) is 3. The molecule has 4 heterocycles. The third-order valence-corrected chi connectivity index (χ3v) is 12.4. The van der Waals surface area contributed by atoms with Gasteiger partial charge in [0.1, 0.15) is 36.3 Å². The Balaban J connectivity index is 1.20. The standard InChI is InChI=1S/C28H43N10O19P3S/c1-28(2,21(42)24(43)32-5-3-16(39)31-6-8-61-26(44)14(29)9-37-7-4-17(40)36-27(37)45)11-54-60(51,52)57-59(49,50)53-10-15-20(56-58(46,47)48)19(41)25(55-15)38-13-35-18-22(30)33-12-34-23(18)38/h4,7,12-15,19-21,25,41-42H,3,5-6,8-11,29H2,1-2H3,(H,31,39)(H,32,43)(H,49,50)(H,51,52)(H2,30,33,34)(H,36,40,45)(H2,46,47,48). The molecule has 0 aliphatic carbocycles. The number of nitrogens with two attached hydrogens (primary N) is 2. The maximum Gasteiger partial charge on any atom is 0.481 e. The molecule has 1 fully saturated rings. The van der Waals surface area contributed by atoms with Crippen molar-refractivity contribution in [3.8, 4) is 0 Å². The monoisotopic (exact) mass is 948 g/mol. The third kappa shape index (κ3) is 14.4. The van der Waals surface area contributed by atoms with Crippen molar-refractivity contribution < 1.29 is 80.5 Å². The predicted molar refractivity (Wildman–Crippen MR) is 206 cm³/mol. The van der Waals surface area contributed by atoms with Crippen molar-refractivity contribution in [3.05, 3.63) is 45.8 Å². The number of hydrogen-bond acceptors (Lipinski definition) is 21. The van der Waals surface area contributed by atoms with Gasteiger partial charge >= 0.3 is 29.2 Å². The topological polar surface area (TPSA) is 445 Å². The van der Waals surface area contributed by atoms with Crippen molar-refractivity contribution >= 4 is 69.1 Å². The number of amides is 2. The highest BCUT2D eigenvalue weighted by molar-refractivity contribution is 8.13. The number of phosphoric acid groups is 3. The molecular formula is C28H43N10O19P3S. The van der Waals surface area contributed by atoms with Crippen LogP contribution in [0.4, 0.5) is 5.82 Å². The van der Waals surface area contributed by atoms with Gasteiger partial charge in [-0.1, -0.05) is 25.6 Å². The van der Waals surface area contributed by atoms with Gasteiger partial charge in [0.25, 0.3) is 5.56 Å². The van der Waals surface area contributed by atoms with E-state index in [2.05, 4.69) is 34.4 Å². The van der Waals surface area contributed by atoms with Crippen molar-refractivity contribution in [3.63, 3.8) is 0 Å². The Morgan fingerprint density at radius 3 is 2.43 bits per heavy atom. The highest BCUT2D eigenvalue weighted by Gasteiger charge is 2.50. The number of aromatic amines is 1. The molecule has 13 N–H and O–H groups in total. The zero-order chi connectivity index (χ0) is 45.5. The second kappa shape index (κ2) is 20.6. The number of rotatable bonds is 22. The highest BCUT2D eigenvalue weighted by Crippen LogP contribution is 2.61. The molecule has 3 aromatic heterocycles. The lowest BCUT2D eigenvalue weighted by Gasteiger charge is -2.30. The first-order valence-corrected chi connectivity index (χ1v) is 22.9. The van der Waals surface area contributed by atoms with Gasteiger partial charge in [-0.05, 0) is 0 Å². The van der Waals surface area contributed by atoms with Crippen LogP contribution in [0.25, 0.3) is 11.2 Å². The summed E-state index contributed by atoms with van der Waals surface area (Å²) in [6.45, 7) is -0.0962. The molecule has 29 nitrogen and oxygen atoms in total. The van der Waals surface area contributed by atoms with E-state index in [1.54, 1.807) is 0 Å². The van der Waals surface area contributed by atoms with Crippen LogP contribution in [0, 0.1) is 5.41 Å². The van der Waals surface area contributed by atoms with Gasteiger partial charge in [-0.2, -0.15) is 4.31 Å². The van der Waals surface area contributed by atoms with Gasteiger partial charge in [0, 0.05) is 42.9 Å². The van der Waals surface area contributed by atoms with Gasteiger partial charge in [-0.3, -0.25) is 46.9 Å². The molecule has 1 aliphatic rings. The molecule has 1 saturated heterocycles. The first-order chi connectivity index (χ1) is 28.3. The molecule has 1 aliphatic heterocycles. The fourth-order valence-electron chi connectivity index (χ4n) is 5.26. The molecule has 0 aromatic carbocycles. The van der Waals surface area contributed by atoms with E-state index < -0.39 is 107 Å². The van der Waals surface area contributed by atoms with Gasteiger partial charge < -0.3 is 56.6 Å². The zero-order valence-corrected chi connectivity index (χ0v) is 35.4. The molecular weight excluding hydrogens is 905 g/mol. The first kappa shape index (κ1) is 49.9. The molecule has 0 radical (unpaired) electrons. The number of imidazole rings is 1. The summed E-state index contributed by atoms with van der Waals surface area (Å²) in [5.41, 5.74) is 8.65. The maximum absolute atomic E-state index is 12.7. The summed E-state index contributed by atoms with van der Waals surface area (Å²) in [5, 5.41) is 25.8. The molecule has 33 heteroatoms. The Bertz CT molecular complexity index is 2320. The van der Waals surface area contributed by atoms with Crippen LogP contribution >= 0.6 is 35.2 Å². The number of aliphatic hydroxyl groups is 2. The summed E-state index contributed by atoms with van der Waals surface area (Å²) in [6, 6.07) is 0.0147. The first-order valence-electron chi connectivity index (χ1n) is 17.4. The molecule has 8 unspecified atom stereocenters. The SMILES string of the molecule is CC(C)(COP(=O)(O)OP(=O)(O)OCC1OC(n2cnc3c(N)ncnc32)C(O)C1OP(=O)(O)O)C(O)C(=O)NCCC(=O)NCCSC(=O)C(N)Cn1ccc(=O)[nH]c1=O. The molecule has 0 saturated carbocycles. The molecule has 2 amide bonds. The number of carbonyl (C=O) groups excluding carboxylic acids is 3. The largest absolute Gasteiger partial charge is 0.481 e. The quantitative estimate of drug-likeness (QED) is 0.0344. The van der Waals surface area contributed by atoms with Gasteiger partial charge in [0.2, 0.25) is 16.9 Å². The number of aliphatic hydroxyl groups excluding tert-OH is 2. The number of nitrogens with zero attached hydrogens (tertiary/aromatic N) is 5. The second-order valence-electron chi connectivity index (χ2n) is 13.6. The van der Waals surface area contributed by atoms with Crippen LogP contribution in [0.15, 0.2) is 34.5 Å². The van der Waals surface area contributed by atoms with Gasteiger partial charge in [-0.25, -0.2) is 33.4 Å². The number of phosphoric ester groups is 3. The van der Waals surface area contributed by atoms with Gasteiger partial charge in [0.05, 0.1) is 32.1 Å². The van der Waals surface area contributed by atoms with E-state index in [4.69, 9.17) is 25.3 Å². The second-order valence-corrected chi connectivity index (χ2v) is 18.9. The number of hydrogen-bond donors (Lipinski definition) is 11. The number of anilines is 1. The van der Waals surface area contributed by atoms with E-state index in [-0.39, 0.29) is 48.8 Å². The molecule has 61 heavy (non-hydrogen) atoms. The highest BCUT2D eigenvalue weighted by atomic mass is 32.2. The Kier molecular flexibility index (Phi) is 16.8. The minimum absolute atomic E-state index is 0.0147. The van der Waals surface area contributed by atoms with Crippen LogP contribution in [0.2, 0.25) is 0 Å². The molecule has 0 bridgehead atoms. The van der Waals surface area contributed by atoms with Crippen LogP contribution in [0.1, 0.15) is 26.5 Å². The van der Waals surface area contributed by atoms with E-state index in [1.807, 2.05) is 4.98 Å². The van der Waals surface area contributed by atoms with Crippen LogP contribution in [0.3, 0.4) is 0 Å². The number of carbonyl (C=O) groups is 3. The zero-order valence-electron chi connectivity index (χ0n) is 31.9. The lowest BCUT2D eigenvalue weighted by Crippen LogP contribution is -2.46. The Morgan fingerprint density at radius 2 is 1.75 bits per heavy atom. The van der Waals surface area contributed by atoms with Gasteiger partial charge in [-0.15, -0.1) is 0 Å². The average Bonchev–Trinajstić information content (AvgIpc) is 3.72. The normalized spacial score (nSPS) is 21.3. The Labute approximate surface area is 347 Å². The van der Waals surface area contributed by atoms with Crippen LogP contribution < -0.4 is 33.3 Å². The molecule has 4 rings (SSSR count). The number of nitrogen functional groups attached to an aromatic ring is 1. The Morgan fingerprint density at radius 1 is 1.07 bits per heavy atom. The van der Waals surface area contributed by atoms with Crippen molar-refractivity contribution in [2.45, 2.75) is 63.5 Å². The van der Waals surface area contributed by atoms with Crippen molar-refractivity contribution in [2.24, 2.45) is 11.1 Å². The number of thioether (sulfide) groups is 1. The minimum atomic E-state index is -5.60. The lowest BCUT2D eigenvalue weighted by atomic mass is 9.87. The summed E-state index contributed by atoms with van der Waals surface area (Å²) in [5.74, 6) is -1.52. The molecule has 340 valence electrons. The number of fused-ring (bicyclic) bond motifs is 1. The fourth-order valence-corrected chi connectivity index (χ4v) is 8.79. The molecule has 8 atom stereocenters. The van der Waals surface area contributed by atoms with E-state index >= 15 is 0 Å². The summed E-state index contributed by atoms with van der Waals surface area (Å²) in [7, 11) is -16.5. The predicted octanol–water partition coefficient (Wildman–Crippen LogP) is -3.46. The van der Waals surface area contributed by atoms with E-state index in [1.165, 1.54) is 20.0 Å². The maximum atomic E-state index is 12.7. The Hall–Kier alpha value is -3.80. The van der Waals surface area contributed by atoms with Crippen molar-refractivity contribution in [1.82, 2.24) is 39.7 Å². The smallest absolute Gasteiger partial charge is 0.386 e. The van der Waals surface area contributed by atoms with Gasteiger partial charge in [0.15, 0.2) is 17.7 Å². The van der Waals surface area contributed by atoms with E-state index in [0.717, 1.165) is 39.6 Å². The van der Waals surface area contributed by atoms with Crippen molar-refractivity contribution in [1.29, 1.82) is 0 Å². The summed E-state index contributed by atoms with van der Waals surface area (Å²) < 4.78 is 63.2. The number of H-pyrrole nitrogens is 1. The lowest BCUT2D eigenvalue weighted by molar-refractivity contribution is -0.137. The number of aromatic nitrogens is 6. The van der Waals surface area contributed by atoms with E-state index in [0.29, 0.717) is 0 Å². The van der Waals surface area contributed by atoms with Crippen LogP contribution in [-0.4, -0.2) is 138 Å². The van der Waals surface area contributed by atoms with Crippen LogP contribution in [-0.2, 0) is 57.2 Å². The summed E-state index contributed by atoms with van der Waals surface area (Å²) in [4.78, 5) is 113. The van der Waals surface area contributed by atoms with E-state index in [9.17, 15) is 67.5 Å². The summed E-state index contributed by atoms with van der Waals surface area (Å²) >= 11 is 0.794. The molecule has 3 aromatic rings. The van der Waals surface area contributed by atoms with Crippen LogP contribution in [0.5, 0.6) is 0 Å². The molecule has 0 spiro atoms. The summed E-state index contributed by atoms with van der Waals surface area (Å²) in [6.07, 6.45) is -5.99. The number of ether oxygens (including phenoxy) is 1. The minimum Gasteiger partial charge on any atom is -0.386 e.